The molecule has 0 fully saturated rings. The Bertz CT molecular complexity index is 917. The van der Waals surface area contributed by atoms with Gasteiger partial charge in [-0.05, 0) is 36.4 Å². The predicted molar refractivity (Wildman–Crippen MR) is 93.2 cm³/mol. The van der Waals surface area contributed by atoms with Crippen molar-refractivity contribution in [3.05, 3.63) is 69.1 Å². The smallest absolute Gasteiger partial charge is 0.160 e. The standard InChI is InChI=1S/C18H12Cl2N2/c1-11-12(2)21-18(14-5-9-16(20)10-6-14)22-17(11)13-3-7-15(19)8-4-13/h3-10H,1-2H2. The SMILES string of the molecule is C=c1nc(-c2ccc(Cl)cc2)nc(-c2ccc(Cl)cc2)c1=C. The summed E-state index contributed by atoms with van der Waals surface area (Å²) in [6.45, 7) is 7.99. The van der Waals surface area contributed by atoms with Gasteiger partial charge in [0.15, 0.2) is 5.82 Å². The van der Waals surface area contributed by atoms with Crippen molar-refractivity contribution in [1.82, 2.24) is 9.97 Å². The van der Waals surface area contributed by atoms with E-state index in [0.717, 1.165) is 16.8 Å². The second-order valence-corrected chi connectivity index (χ2v) is 5.71. The van der Waals surface area contributed by atoms with Crippen LogP contribution in [0.1, 0.15) is 0 Å². The minimum Gasteiger partial charge on any atom is -0.229 e. The number of hydrogen-bond acceptors (Lipinski definition) is 2. The van der Waals surface area contributed by atoms with E-state index >= 15 is 0 Å². The highest BCUT2D eigenvalue weighted by Crippen LogP contribution is 2.20. The number of benzene rings is 2. The fourth-order valence-corrected chi connectivity index (χ4v) is 2.36. The van der Waals surface area contributed by atoms with Gasteiger partial charge in [0.2, 0.25) is 0 Å². The van der Waals surface area contributed by atoms with Crippen LogP contribution >= 0.6 is 23.2 Å². The maximum atomic E-state index is 5.94. The van der Waals surface area contributed by atoms with Crippen molar-refractivity contribution in [3.63, 3.8) is 0 Å². The topological polar surface area (TPSA) is 25.8 Å². The molecule has 0 amide bonds. The molecule has 0 aliphatic carbocycles. The molecule has 2 nitrogen and oxygen atoms in total. The van der Waals surface area contributed by atoms with Crippen LogP contribution in [0, 0.1) is 0 Å². The predicted octanol–water partition coefficient (Wildman–Crippen LogP) is 3.94. The first-order valence-corrected chi connectivity index (χ1v) is 7.38. The number of hydrogen-bond donors (Lipinski definition) is 0. The van der Waals surface area contributed by atoms with E-state index in [1.165, 1.54) is 0 Å². The molecule has 0 aliphatic rings. The second-order valence-electron chi connectivity index (χ2n) is 4.83. The van der Waals surface area contributed by atoms with Crippen LogP contribution in [0.3, 0.4) is 0 Å². The van der Waals surface area contributed by atoms with Gasteiger partial charge in [0.25, 0.3) is 0 Å². The highest BCUT2D eigenvalue weighted by Gasteiger charge is 2.07. The fraction of sp³-hybridized carbons (Fsp3) is 0. The van der Waals surface area contributed by atoms with Gasteiger partial charge in [-0.15, -0.1) is 0 Å². The van der Waals surface area contributed by atoms with Gasteiger partial charge in [0.1, 0.15) is 0 Å². The Morgan fingerprint density at radius 2 is 1.18 bits per heavy atom. The van der Waals surface area contributed by atoms with E-state index in [1.807, 2.05) is 48.5 Å². The van der Waals surface area contributed by atoms with Gasteiger partial charge >= 0.3 is 0 Å². The van der Waals surface area contributed by atoms with Gasteiger partial charge in [0.05, 0.1) is 11.0 Å². The van der Waals surface area contributed by atoms with Gasteiger partial charge in [-0.25, -0.2) is 9.97 Å². The lowest BCUT2D eigenvalue weighted by Crippen LogP contribution is -2.29. The monoisotopic (exact) mass is 326 g/mol. The second kappa shape index (κ2) is 5.91. The van der Waals surface area contributed by atoms with Crippen molar-refractivity contribution >= 4 is 36.4 Å². The van der Waals surface area contributed by atoms with Crippen LogP contribution in [-0.2, 0) is 0 Å². The van der Waals surface area contributed by atoms with Crippen molar-refractivity contribution in [3.8, 4) is 22.6 Å². The summed E-state index contributed by atoms with van der Waals surface area (Å²) in [6, 6.07) is 14.8. The summed E-state index contributed by atoms with van der Waals surface area (Å²) in [7, 11) is 0. The summed E-state index contributed by atoms with van der Waals surface area (Å²) in [5.41, 5.74) is 2.56. The zero-order valence-corrected chi connectivity index (χ0v) is 13.2. The Hall–Kier alpha value is -2.16. The molecule has 3 aromatic rings. The van der Waals surface area contributed by atoms with Crippen LogP contribution in [0.4, 0.5) is 0 Å². The van der Waals surface area contributed by atoms with Crippen LogP contribution in [0.15, 0.2) is 48.5 Å². The largest absolute Gasteiger partial charge is 0.229 e. The minimum absolute atomic E-state index is 0.596. The van der Waals surface area contributed by atoms with Crippen LogP contribution < -0.4 is 10.6 Å². The Labute approximate surface area is 138 Å². The third kappa shape index (κ3) is 2.89. The molecule has 0 unspecified atom stereocenters. The average molecular weight is 327 g/mol. The zero-order valence-electron chi connectivity index (χ0n) is 11.7. The molecule has 0 saturated heterocycles. The highest BCUT2D eigenvalue weighted by molar-refractivity contribution is 6.30. The van der Waals surface area contributed by atoms with Crippen LogP contribution in [0.5, 0.6) is 0 Å². The number of halogens is 2. The molecule has 0 spiro atoms. The molecule has 0 saturated carbocycles. The molecule has 3 rings (SSSR count). The highest BCUT2D eigenvalue weighted by atomic mass is 35.5. The van der Waals surface area contributed by atoms with Crippen LogP contribution in [-0.4, -0.2) is 9.97 Å². The summed E-state index contributed by atoms with van der Waals surface area (Å²) in [5, 5.41) is 2.66. The molecular weight excluding hydrogens is 315 g/mol. The van der Waals surface area contributed by atoms with Gasteiger partial charge in [-0.3, -0.25) is 0 Å². The number of aromatic nitrogens is 2. The van der Waals surface area contributed by atoms with Crippen molar-refractivity contribution in [1.29, 1.82) is 0 Å². The maximum Gasteiger partial charge on any atom is 0.160 e. The first-order chi connectivity index (χ1) is 10.5. The molecule has 1 aromatic heterocycles. The summed E-state index contributed by atoms with van der Waals surface area (Å²) in [5.74, 6) is 0.596. The molecule has 0 aliphatic heterocycles. The van der Waals surface area contributed by atoms with Crippen molar-refractivity contribution in [2.75, 3.05) is 0 Å². The van der Waals surface area contributed by atoms with E-state index < -0.39 is 0 Å². The lowest BCUT2D eigenvalue weighted by atomic mass is 10.1. The number of nitrogens with zero attached hydrogens (tertiary/aromatic N) is 2. The lowest BCUT2D eigenvalue weighted by molar-refractivity contribution is 1.12. The Balaban J connectivity index is 2.19. The van der Waals surface area contributed by atoms with E-state index in [0.29, 0.717) is 26.4 Å². The Morgan fingerprint density at radius 3 is 1.73 bits per heavy atom. The van der Waals surface area contributed by atoms with Gasteiger partial charge in [-0.1, -0.05) is 48.5 Å². The van der Waals surface area contributed by atoms with Gasteiger partial charge < -0.3 is 0 Å². The molecule has 22 heavy (non-hydrogen) atoms. The summed E-state index contributed by atoms with van der Waals surface area (Å²) in [6.07, 6.45) is 0. The number of rotatable bonds is 2. The van der Waals surface area contributed by atoms with Crippen LogP contribution in [0.25, 0.3) is 35.8 Å². The van der Waals surface area contributed by atoms with Gasteiger partial charge in [0, 0.05) is 26.4 Å². The summed E-state index contributed by atoms with van der Waals surface area (Å²) in [4.78, 5) is 9.06. The molecule has 0 bridgehead atoms. The summed E-state index contributed by atoms with van der Waals surface area (Å²) >= 11 is 11.9. The maximum absolute atomic E-state index is 5.94. The third-order valence-corrected chi connectivity index (χ3v) is 3.82. The van der Waals surface area contributed by atoms with E-state index in [9.17, 15) is 0 Å². The first kappa shape index (κ1) is 14.8. The summed E-state index contributed by atoms with van der Waals surface area (Å²) < 4.78 is 0. The van der Waals surface area contributed by atoms with E-state index in [4.69, 9.17) is 23.2 Å². The van der Waals surface area contributed by atoms with E-state index in [-0.39, 0.29) is 0 Å². The zero-order chi connectivity index (χ0) is 15.7. The van der Waals surface area contributed by atoms with Crippen molar-refractivity contribution < 1.29 is 0 Å². The Morgan fingerprint density at radius 1 is 0.682 bits per heavy atom. The van der Waals surface area contributed by atoms with Gasteiger partial charge in [-0.2, -0.15) is 0 Å². The average Bonchev–Trinajstić information content (AvgIpc) is 2.52. The van der Waals surface area contributed by atoms with E-state index in [2.05, 4.69) is 23.1 Å². The molecular formula is C18H12Cl2N2. The fourth-order valence-electron chi connectivity index (χ4n) is 2.10. The molecule has 2 aromatic carbocycles. The van der Waals surface area contributed by atoms with Crippen LogP contribution in [0.2, 0.25) is 10.0 Å². The molecule has 0 atom stereocenters. The van der Waals surface area contributed by atoms with Crippen molar-refractivity contribution in [2.45, 2.75) is 0 Å². The molecule has 108 valence electrons. The third-order valence-electron chi connectivity index (χ3n) is 3.31. The quantitative estimate of drug-likeness (QED) is 0.712. The first-order valence-electron chi connectivity index (χ1n) is 6.62. The molecule has 0 radical (unpaired) electrons. The molecule has 4 heteroatoms. The minimum atomic E-state index is 0.596. The lowest BCUT2D eigenvalue weighted by Gasteiger charge is -2.06. The molecule has 1 heterocycles. The Kier molecular flexibility index (Phi) is 3.97. The van der Waals surface area contributed by atoms with Crippen molar-refractivity contribution in [2.24, 2.45) is 0 Å². The van der Waals surface area contributed by atoms with E-state index in [1.54, 1.807) is 0 Å². The normalized spacial score (nSPS) is 10.6. The molecule has 0 N–H and O–H groups in total.